The van der Waals surface area contributed by atoms with Crippen LogP contribution >= 0.6 is 12.2 Å². The van der Waals surface area contributed by atoms with Crippen molar-refractivity contribution in [1.29, 1.82) is 0 Å². The largest absolute Gasteiger partial charge is 0.338 e. The molecule has 98 valence electrons. The highest BCUT2D eigenvalue weighted by molar-refractivity contribution is 7.80. The third kappa shape index (κ3) is 3.43. The molecule has 0 radical (unpaired) electrons. The zero-order chi connectivity index (χ0) is 13.0. The second kappa shape index (κ2) is 6.16. The Morgan fingerprint density at radius 3 is 2.72 bits per heavy atom. The molecule has 1 aromatic carbocycles. The Balaban J connectivity index is 1.89. The number of piperazine rings is 1. The van der Waals surface area contributed by atoms with Crippen molar-refractivity contribution in [2.24, 2.45) is 0 Å². The van der Waals surface area contributed by atoms with Gasteiger partial charge >= 0.3 is 0 Å². The summed E-state index contributed by atoms with van der Waals surface area (Å²) in [5, 5.41) is 4.19. The number of nitrogens with one attached hydrogen (secondary N) is 2. The van der Waals surface area contributed by atoms with Crippen LogP contribution in [0.2, 0.25) is 0 Å². The van der Waals surface area contributed by atoms with Gasteiger partial charge in [0.05, 0.1) is 32.7 Å². The highest BCUT2D eigenvalue weighted by atomic mass is 32.1. The van der Waals surface area contributed by atoms with Gasteiger partial charge in [-0.05, 0) is 43.8 Å². The monoisotopic (exact) mass is 264 g/mol. The normalized spacial score (nSPS) is 16.7. The van der Waals surface area contributed by atoms with Crippen molar-refractivity contribution >= 4 is 23.0 Å². The van der Waals surface area contributed by atoms with Crippen LogP contribution in [0.1, 0.15) is 12.5 Å². The number of quaternary nitrogens is 1. The number of rotatable bonds is 2. The zero-order valence-corrected chi connectivity index (χ0v) is 12.0. The number of nitrogens with zero attached hydrogens (tertiary/aromatic N) is 1. The molecule has 4 heteroatoms. The molecule has 1 aliphatic heterocycles. The number of hydrogen-bond donors (Lipinski definition) is 2. The third-order valence-electron chi connectivity index (χ3n) is 3.53. The molecule has 0 aliphatic carbocycles. The second-order valence-electron chi connectivity index (χ2n) is 4.89. The lowest BCUT2D eigenvalue weighted by molar-refractivity contribution is -0.902. The molecule has 0 spiro atoms. The summed E-state index contributed by atoms with van der Waals surface area (Å²) in [4.78, 5) is 3.95. The van der Waals surface area contributed by atoms with Gasteiger partial charge in [-0.2, -0.15) is 0 Å². The molecule has 0 amide bonds. The molecule has 0 bridgehead atoms. The molecule has 1 fully saturated rings. The number of anilines is 1. The Kier molecular flexibility index (Phi) is 4.55. The summed E-state index contributed by atoms with van der Waals surface area (Å²) in [7, 11) is 0. The molecule has 0 unspecified atom stereocenters. The maximum atomic E-state index is 5.48. The van der Waals surface area contributed by atoms with Crippen LogP contribution in [0, 0.1) is 6.92 Å². The van der Waals surface area contributed by atoms with Gasteiger partial charge in [0.15, 0.2) is 5.11 Å². The molecule has 0 aromatic heterocycles. The lowest BCUT2D eigenvalue weighted by atomic mass is 10.2. The van der Waals surface area contributed by atoms with Gasteiger partial charge in [-0.15, -0.1) is 0 Å². The van der Waals surface area contributed by atoms with Crippen LogP contribution in [0.4, 0.5) is 5.69 Å². The molecule has 2 rings (SSSR count). The first-order valence-electron chi connectivity index (χ1n) is 6.65. The Labute approximate surface area is 115 Å². The third-order valence-corrected chi connectivity index (χ3v) is 3.89. The van der Waals surface area contributed by atoms with E-state index < -0.39 is 0 Å². The lowest BCUT2D eigenvalue weighted by Gasteiger charge is -2.33. The first-order chi connectivity index (χ1) is 8.69. The molecule has 18 heavy (non-hydrogen) atoms. The fraction of sp³-hybridized carbons (Fsp3) is 0.500. The van der Waals surface area contributed by atoms with Gasteiger partial charge in [0.1, 0.15) is 0 Å². The molecule has 0 saturated carbocycles. The Morgan fingerprint density at radius 2 is 2.11 bits per heavy atom. The summed E-state index contributed by atoms with van der Waals surface area (Å²) in [6.07, 6.45) is 0. The average molecular weight is 264 g/mol. The summed E-state index contributed by atoms with van der Waals surface area (Å²) in [6.45, 7) is 10.0. The summed E-state index contributed by atoms with van der Waals surface area (Å²) in [5.74, 6) is 0. The molecular weight excluding hydrogens is 242 g/mol. The zero-order valence-electron chi connectivity index (χ0n) is 11.2. The molecule has 1 heterocycles. The van der Waals surface area contributed by atoms with Gasteiger partial charge < -0.3 is 15.1 Å². The Morgan fingerprint density at radius 1 is 1.39 bits per heavy atom. The summed E-state index contributed by atoms with van der Waals surface area (Å²) in [6, 6.07) is 8.34. The predicted octanol–water partition coefficient (Wildman–Crippen LogP) is 0.912. The maximum absolute atomic E-state index is 5.48. The van der Waals surface area contributed by atoms with Crippen molar-refractivity contribution in [1.82, 2.24) is 4.90 Å². The van der Waals surface area contributed by atoms with E-state index in [9.17, 15) is 0 Å². The van der Waals surface area contributed by atoms with E-state index in [0.29, 0.717) is 0 Å². The molecule has 2 N–H and O–H groups in total. The number of hydrogen-bond acceptors (Lipinski definition) is 1. The van der Waals surface area contributed by atoms with Crippen LogP contribution in [-0.4, -0.2) is 42.7 Å². The number of benzene rings is 1. The fourth-order valence-electron chi connectivity index (χ4n) is 2.30. The molecule has 1 aromatic rings. The Hall–Kier alpha value is -1.13. The van der Waals surface area contributed by atoms with Crippen molar-refractivity contribution in [3.8, 4) is 0 Å². The second-order valence-corrected chi connectivity index (χ2v) is 5.28. The van der Waals surface area contributed by atoms with Gasteiger partial charge in [0.25, 0.3) is 0 Å². The van der Waals surface area contributed by atoms with Crippen molar-refractivity contribution in [2.45, 2.75) is 13.8 Å². The van der Waals surface area contributed by atoms with E-state index in [1.54, 1.807) is 4.90 Å². The SMILES string of the molecule is CC[NH+]1CCN(C(=S)Nc2cccc(C)c2)CC1. The van der Waals surface area contributed by atoms with Crippen LogP contribution in [0.25, 0.3) is 0 Å². The summed E-state index contributed by atoms with van der Waals surface area (Å²) >= 11 is 5.48. The average Bonchev–Trinajstić information content (AvgIpc) is 2.39. The van der Waals surface area contributed by atoms with Crippen LogP contribution in [0.5, 0.6) is 0 Å². The first kappa shape index (κ1) is 13.3. The molecular formula is C14H22N3S+. The molecule has 3 nitrogen and oxygen atoms in total. The minimum Gasteiger partial charge on any atom is -0.338 e. The van der Waals surface area contributed by atoms with Gasteiger partial charge in [-0.25, -0.2) is 0 Å². The molecule has 1 aliphatic rings. The van der Waals surface area contributed by atoms with Gasteiger partial charge in [-0.1, -0.05) is 12.1 Å². The van der Waals surface area contributed by atoms with Crippen molar-refractivity contribution in [3.63, 3.8) is 0 Å². The minimum atomic E-state index is 0.857. The standard InChI is InChI=1S/C14H21N3S/c1-3-16-7-9-17(10-8-16)14(18)15-13-6-4-5-12(2)11-13/h4-6,11H,3,7-10H2,1-2H3,(H,15,18)/p+1. The van der Waals surface area contributed by atoms with Crippen molar-refractivity contribution in [3.05, 3.63) is 29.8 Å². The van der Waals surface area contributed by atoms with Gasteiger partial charge in [0, 0.05) is 5.69 Å². The van der Waals surface area contributed by atoms with E-state index in [-0.39, 0.29) is 0 Å². The first-order valence-corrected chi connectivity index (χ1v) is 7.06. The lowest BCUT2D eigenvalue weighted by Crippen LogP contribution is -3.14. The highest BCUT2D eigenvalue weighted by Crippen LogP contribution is 2.10. The van der Waals surface area contributed by atoms with Crippen LogP contribution in [0.15, 0.2) is 24.3 Å². The molecule has 0 atom stereocenters. The van der Waals surface area contributed by atoms with Crippen LogP contribution in [0.3, 0.4) is 0 Å². The van der Waals surface area contributed by atoms with E-state index in [2.05, 4.69) is 48.3 Å². The van der Waals surface area contributed by atoms with Crippen LogP contribution < -0.4 is 10.2 Å². The highest BCUT2D eigenvalue weighted by Gasteiger charge is 2.20. The quantitative estimate of drug-likeness (QED) is 0.775. The van der Waals surface area contributed by atoms with E-state index in [1.165, 1.54) is 25.2 Å². The van der Waals surface area contributed by atoms with E-state index in [1.807, 2.05) is 0 Å². The van der Waals surface area contributed by atoms with Crippen LogP contribution in [-0.2, 0) is 0 Å². The van der Waals surface area contributed by atoms with E-state index in [4.69, 9.17) is 12.2 Å². The Bertz CT molecular complexity index is 411. The van der Waals surface area contributed by atoms with Gasteiger partial charge in [-0.3, -0.25) is 0 Å². The molecule has 1 saturated heterocycles. The predicted molar refractivity (Wildman–Crippen MR) is 80.2 cm³/mol. The topological polar surface area (TPSA) is 19.7 Å². The van der Waals surface area contributed by atoms with Crippen molar-refractivity contribution < 1.29 is 4.90 Å². The number of likely N-dealkylation sites (N-methyl/N-ethyl adjacent to an activating group) is 1. The van der Waals surface area contributed by atoms with Gasteiger partial charge in [0.2, 0.25) is 0 Å². The maximum Gasteiger partial charge on any atom is 0.173 e. The fourth-order valence-corrected chi connectivity index (χ4v) is 2.61. The van der Waals surface area contributed by atoms with E-state index >= 15 is 0 Å². The van der Waals surface area contributed by atoms with Crippen molar-refractivity contribution in [2.75, 3.05) is 38.0 Å². The summed E-state index contributed by atoms with van der Waals surface area (Å²) in [5.41, 5.74) is 2.34. The number of aryl methyl sites for hydroxylation is 1. The van der Waals surface area contributed by atoms with E-state index in [0.717, 1.165) is 23.9 Å². The number of thiocarbonyl (C=S) groups is 1. The summed E-state index contributed by atoms with van der Waals surface area (Å²) < 4.78 is 0. The minimum absolute atomic E-state index is 0.857. The smallest absolute Gasteiger partial charge is 0.173 e.